The minimum atomic E-state index is -0.484. The van der Waals surface area contributed by atoms with Crippen molar-refractivity contribution in [2.24, 2.45) is 5.92 Å². The van der Waals surface area contributed by atoms with E-state index in [9.17, 15) is 19.7 Å². The fraction of sp³-hybridized carbons (Fsp3) is 0.280. The summed E-state index contributed by atoms with van der Waals surface area (Å²) in [6.07, 6.45) is 4.38. The molecular weight excluding hydrogens is 406 g/mol. The highest BCUT2D eigenvalue weighted by Gasteiger charge is 2.41. The van der Waals surface area contributed by atoms with Gasteiger partial charge in [-0.3, -0.25) is 24.6 Å². The largest absolute Gasteiger partial charge is 0.366 e. The molecule has 164 valence electrons. The molecule has 7 nitrogen and oxygen atoms in total. The third-order valence-electron chi connectivity index (χ3n) is 6.12. The van der Waals surface area contributed by atoms with Crippen LogP contribution in [0.15, 0.2) is 72.9 Å². The number of non-ortho nitro benzene ring substituents is 1. The smallest absolute Gasteiger partial charge is 0.278 e. The minimum Gasteiger partial charge on any atom is -0.366 e. The number of nitro groups is 1. The molecule has 7 heteroatoms. The van der Waals surface area contributed by atoms with Crippen molar-refractivity contribution in [2.45, 2.75) is 19.3 Å². The van der Waals surface area contributed by atoms with Crippen molar-refractivity contribution in [3.63, 3.8) is 0 Å². The molecule has 2 heterocycles. The minimum absolute atomic E-state index is 0.0580. The maximum absolute atomic E-state index is 13.2. The number of hydrogen-bond acceptors (Lipinski definition) is 5. The first-order chi connectivity index (χ1) is 15.5. The van der Waals surface area contributed by atoms with E-state index >= 15 is 0 Å². The zero-order valence-electron chi connectivity index (χ0n) is 17.8. The second-order valence-electron chi connectivity index (χ2n) is 8.16. The molecule has 32 heavy (non-hydrogen) atoms. The van der Waals surface area contributed by atoms with E-state index in [0.29, 0.717) is 35.8 Å². The Labute approximate surface area is 186 Å². The van der Waals surface area contributed by atoms with Crippen LogP contribution in [-0.4, -0.2) is 46.2 Å². The summed E-state index contributed by atoms with van der Waals surface area (Å²) in [5.74, 6) is -0.191. The lowest BCUT2D eigenvalue weighted by atomic mass is 9.89. The monoisotopic (exact) mass is 431 g/mol. The summed E-state index contributed by atoms with van der Waals surface area (Å²) in [6, 6.07) is 16.2. The van der Waals surface area contributed by atoms with Gasteiger partial charge in [0, 0.05) is 31.8 Å². The molecule has 2 aromatic rings. The standard InChI is InChI=1S/C25H25N3O4/c1-2-14-27-24(29)22(20-8-10-21(11-9-20)28(31)32)23(25(27)30)26-15-12-19(13-16-26)17-18-6-4-3-5-7-18/h2-11,19H,1,12-17H2. The van der Waals surface area contributed by atoms with Gasteiger partial charge < -0.3 is 4.90 Å². The molecule has 2 aliphatic heterocycles. The molecule has 0 spiro atoms. The van der Waals surface area contributed by atoms with Crippen LogP contribution in [0, 0.1) is 16.0 Å². The number of rotatable bonds is 7. The Morgan fingerprint density at radius 1 is 1.00 bits per heavy atom. The van der Waals surface area contributed by atoms with Gasteiger partial charge in [0.2, 0.25) is 0 Å². The molecule has 0 unspecified atom stereocenters. The van der Waals surface area contributed by atoms with Crippen molar-refractivity contribution >= 4 is 23.1 Å². The Bertz CT molecular complexity index is 1070. The number of benzene rings is 2. The maximum Gasteiger partial charge on any atom is 0.278 e. The Hall–Kier alpha value is -3.74. The van der Waals surface area contributed by atoms with Crippen molar-refractivity contribution in [1.82, 2.24) is 9.80 Å². The topological polar surface area (TPSA) is 83.8 Å². The summed E-state index contributed by atoms with van der Waals surface area (Å²) in [6.45, 7) is 5.15. The number of carbonyl (C=O) groups excluding carboxylic acids is 2. The fourth-order valence-electron chi connectivity index (χ4n) is 4.47. The zero-order chi connectivity index (χ0) is 22.7. The lowest BCUT2D eigenvalue weighted by Crippen LogP contribution is -2.39. The Morgan fingerprint density at radius 2 is 1.66 bits per heavy atom. The highest BCUT2D eigenvalue weighted by molar-refractivity contribution is 6.35. The zero-order valence-corrected chi connectivity index (χ0v) is 17.8. The second kappa shape index (κ2) is 9.18. The summed E-state index contributed by atoms with van der Waals surface area (Å²) in [4.78, 5) is 40.0. The van der Waals surface area contributed by atoms with Crippen LogP contribution in [0.2, 0.25) is 0 Å². The van der Waals surface area contributed by atoms with E-state index in [1.807, 2.05) is 23.1 Å². The van der Waals surface area contributed by atoms with Crippen molar-refractivity contribution in [1.29, 1.82) is 0 Å². The predicted molar refractivity (Wildman–Crippen MR) is 121 cm³/mol. The molecule has 1 fully saturated rings. The number of carbonyl (C=O) groups is 2. The first-order valence-electron chi connectivity index (χ1n) is 10.7. The van der Waals surface area contributed by atoms with Gasteiger partial charge >= 0.3 is 0 Å². The quantitative estimate of drug-likeness (QED) is 0.288. The number of nitrogens with zero attached hydrogens (tertiary/aromatic N) is 3. The molecule has 2 aliphatic rings. The first kappa shape index (κ1) is 21.5. The summed E-state index contributed by atoms with van der Waals surface area (Å²) in [5, 5.41) is 11.0. The van der Waals surface area contributed by atoms with E-state index in [0.717, 1.165) is 19.3 Å². The van der Waals surface area contributed by atoms with Gasteiger partial charge in [0.25, 0.3) is 17.5 Å². The van der Waals surface area contributed by atoms with Crippen LogP contribution in [0.5, 0.6) is 0 Å². The summed E-state index contributed by atoms with van der Waals surface area (Å²) in [5.41, 5.74) is 2.47. The Morgan fingerprint density at radius 3 is 2.25 bits per heavy atom. The average Bonchev–Trinajstić information content (AvgIpc) is 3.05. The number of amides is 2. The van der Waals surface area contributed by atoms with E-state index in [1.54, 1.807) is 0 Å². The molecule has 4 rings (SSSR count). The van der Waals surface area contributed by atoms with Crippen LogP contribution in [0.3, 0.4) is 0 Å². The molecule has 0 saturated carbocycles. The highest BCUT2D eigenvalue weighted by atomic mass is 16.6. The fourth-order valence-corrected chi connectivity index (χ4v) is 4.47. The molecule has 0 aliphatic carbocycles. The lowest BCUT2D eigenvalue weighted by Gasteiger charge is -2.34. The number of likely N-dealkylation sites (tertiary alicyclic amines) is 1. The van der Waals surface area contributed by atoms with Crippen LogP contribution < -0.4 is 0 Å². The van der Waals surface area contributed by atoms with Gasteiger partial charge in [0.15, 0.2) is 0 Å². The van der Waals surface area contributed by atoms with Gasteiger partial charge in [0.05, 0.1) is 10.5 Å². The van der Waals surface area contributed by atoms with E-state index in [1.165, 1.54) is 40.8 Å². The molecule has 0 N–H and O–H groups in total. The average molecular weight is 431 g/mol. The van der Waals surface area contributed by atoms with Gasteiger partial charge in [-0.15, -0.1) is 6.58 Å². The second-order valence-corrected chi connectivity index (χ2v) is 8.16. The number of imide groups is 1. The van der Waals surface area contributed by atoms with Gasteiger partial charge in [-0.05, 0) is 48.4 Å². The van der Waals surface area contributed by atoms with Crippen LogP contribution in [0.1, 0.15) is 24.0 Å². The number of piperidine rings is 1. The molecule has 0 radical (unpaired) electrons. The maximum atomic E-state index is 13.2. The Kier molecular flexibility index (Phi) is 6.16. The van der Waals surface area contributed by atoms with Crippen molar-refractivity contribution in [3.05, 3.63) is 94.2 Å². The van der Waals surface area contributed by atoms with E-state index < -0.39 is 4.92 Å². The van der Waals surface area contributed by atoms with Crippen LogP contribution in [0.4, 0.5) is 5.69 Å². The van der Waals surface area contributed by atoms with Crippen molar-refractivity contribution in [3.8, 4) is 0 Å². The third-order valence-corrected chi connectivity index (χ3v) is 6.12. The highest BCUT2D eigenvalue weighted by Crippen LogP contribution is 2.35. The third kappa shape index (κ3) is 4.19. The molecule has 1 saturated heterocycles. The molecule has 0 atom stereocenters. The first-order valence-corrected chi connectivity index (χ1v) is 10.7. The van der Waals surface area contributed by atoms with Gasteiger partial charge in [0.1, 0.15) is 5.70 Å². The molecule has 2 aromatic carbocycles. The number of hydrogen-bond donors (Lipinski definition) is 0. The summed E-state index contributed by atoms with van der Waals surface area (Å²) < 4.78 is 0. The Balaban J connectivity index is 1.59. The van der Waals surface area contributed by atoms with Gasteiger partial charge in [-0.2, -0.15) is 0 Å². The normalized spacial score (nSPS) is 17.2. The van der Waals surface area contributed by atoms with Crippen molar-refractivity contribution in [2.75, 3.05) is 19.6 Å². The lowest BCUT2D eigenvalue weighted by molar-refractivity contribution is -0.384. The summed E-state index contributed by atoms with van der Waals surface area (Å²) >= 11 is 0. The number of nitro benzene ring substituents is 1. The van der Waals surface area contributed by atoms with Gasteiger partial charge in [-0.25, -0.2) is 0 Å². The van der Waals surface area contributed by atoms with E-state index in [4.69, 9.17) is 0 Å². The van der Waals surface area contributed by atoms with Gasteiger partial charge in [-0.1, -0.05) is 36.4 Å². The van der Waals surface area contributed by atoms with Crippen LogP contribution in [-0.2, 0) is 16.0 Å². The van der Waals surface area contributed by atoms with Crippen LogP contribution in [0.25, 0.3) is 5.57 Å². The molecule has 0 aromatic heterocycles. The molecule has 0 bridgehead atoms. The predicted octanol–water partition coefficient (Wildman–Crippen LogP) is 3.82. The van der Waals surface area contributed by atoms with Crippen molar-refractivity contribution < 1.29 is 14.5 Å². The van der Waals surface area contributed by atoms with E-state index in [-0.39, 0.29) is 24.0 Å². The van der Waals surface area contributed by atoms with Crippen LogP contribution >= 0.6 is 0 Å². The SMILES string of the molecule is C=CCN1C(=O)C(c2ccc([N+](=O)[O-])cc2)=C(N2CCC(Cc3ccccc3)CC2)C1=O. The molecular formula is C25H25N3O4. The summed E-state index contributed by atoms with van der Waals surface area (Å²) in [7, 11) is 0. The van der Waals surface area contributed by atoms with E-state index in [2.05, 4.69) is 18.7 Å². The molecule has 2 amide bonds.